The van der Waals surface area contributed by atoms with E-state index in [0.29, 0.717) is 0 Å². The van der Waals surface area contributed by atoms with Gasteiger partial charge in [0, 0.05) is 0 Å². The Morgan fingerprint density at radius 1 is 1.14 bits per heavy atom. The van der Waals surface area contributed by atoms with Crippen LogP contribution in [0.4, 0.5) is 18.4 Å². The molecule has 1 saturated heterocycles. The first-order valence-corrected chi connectivity index (χ1v) is 6.82. The third-order valence-electron chi connectivity index (χ3n) is 2.50. The minimum atomic E-state index is -3.40. The van der Waals surface area contributed by atoms with Crippen molar-refractivity contribution in [3.63, 3.8) is 0 Å². The van der Waals surface area contributed by atoms with Gasteiger partial charge < -0.3 is 23.7 Å². The monoisotopic (exact) mass is 326 g/mol. The summed E-state index contributed by atoms with van der Waals surface area (Å²) < 4.78 is 50.8. The highest BCUT2D eigenvalue weighted by atomic mass is 19.3. The van der Waals surface area contributed by atoms with Crippen molar-refractivity contribution in [1.29, 1.82) is 0 Å². The molecule has 1 fully saturated rings. The predicted molar refractivity (Wildman–Crippen MR) is 68.7 cm³/mol. The summed E-state index contributed by atoms with van der Waals surface area (Å²) in [6.07, 6.45) is -6.37. The van der Waals surface area contributed by atoms with Crippen molar-refractivity contribution in [3.05, 3.63) is 0 Å². The number of ether oxygens (including phenoxy) is 5. The zero-order valence-electron chi connectivity index (χ0n) is 12.8. The molecular weight excluding hydrogens is 306 g/mol. The van der Waals surface area contributed by atoms with Crippen LogP contribution in [-0.2, 0) is 23.7 Å². The van der Waals surface area contributed by atoms with Crippen molar-refractivity contribution in [1.82, 2.24) is 0 Å². The minimum Gasteiger partial charge on any atom is -0.432 e. The Bertz CT molecular complexity index is 398. The largest absolute Gasteiger partial charge is 0.509 e. The number of halogens is 2. The maximum absolute atomic E-state index is 13.7. The molecule has 0 bridgehead atoms. The fourth-order valence-electron chi connectivity index (χ4n) is 1.66. The van der Waals surface area contributed by atoms with Crippen LogP contribution in [0.3, 0.4) is 0 Å². The molecule has 2 atom stereocenters. The lowest BCUT2D eigenvalue weighted by Gasteiger charge is -2.22. The Kier molecular flexibility index (Phi) is 6.34. The van der Waals surface area contributed by atoms with Gasteiger partial charge in [0.25, 0.3) is 0 Å². The fraction of sp³-hybridized carbons (Fsp3) is 0.846. The smallest absolute Gasteiger partial charge is 0.432 e. The lowest BCUT2D eigenvalue weighted by Crippen LogP contribution is -2.42. The maximum Gasteiger partial charge on any atom is 0.509 e. The van der Waals surface area contributed by atoms with Crippen molar-refractivity contribution in [2.75, 3.05) is 13.2 Å². The van der Waals surface area contributed by atoms with Crippen LogP contribution in [0.25, 0.3) is 0 Å². The van der Waals surface area contributed by atoms with Gasteiger partial charge in [-0.25, -0.2) is 9.59 Å². The molecule has 1 aliphatic rings. The van der Waals surface area contributed by atoms with Crippen LogP contribution in [0.2, 0.25) is 0 Å². The summed E-state index contributed by atoms with van der Waals surface area (Å²) in [5.41, 5.74) is 0. The van der Waals surface area contributed by atoms with E-state index in [1.807, 2.05) is 0 Å². The molecule has 0 N–H and O–H groups in total. The molecule has 1 rings (SSSR count). The molecule has 128 valence electrons. The van der Waals surface area contributed by atoms with Gasteiger partial charge in [0.05, 0.1) is 12.2 Å². The highest BCUT2D eigenvalue weighted by Crippen LogP contribution is 2.33. The summed E-state index contributed by atoms with van der Waals surface area (Å²) in [5.74, 6) is -3.40. The standard InChI is InChI=1S/C13H20F2O7/c1-7(2)20-11(16)18-5-9-10(13(14,15)6-19-9)22-12(17)21-8(3)4/h7-10H,5-6H2,1-4H3. The molecule has 0 saturated carbocycles. The Balaban J connectivity index is 2.57. The number of hydrogen-bond acceptors (Lipinski definition) is 7. The van der Waals surface area contributed by atoms with E-state index in [1.165, 1.54) is 0 Å². The number of rotatable bonds is 5. The summed E-state index contributed by atoms with van der Waals surface area (Å²) >= 11 is 0. The highest BCUT2D eigenvalue weighted by Gasteiger charge is 2.55. The van der Waals surface area contributed by atoms with Gasteiger partial charge in [0.15, 0.2) is 0 Å². The molecule has 7 nitrogen and oxygen atoms in total. The van der Waals surface area contributed by atoms with E-state index in [9.17, 15) is 18.4 Å². The van der Waals surface area contributed by atoms with Crippen LogP contribution >= 0.6 is 0 Å². The zero-order chi connectivity index (χ0) is 16.9. The molecule has 0 aliphatic carbocycles. The summed E-state index contributed by atoms with van der Waals surface area (Å²) in [5, 5.41) is 0. The first kappa shape index (κ1) is 18.4. The summed E-state index contributed by atoms with van der Waals surface area (Å²) in [7, 11) is 0. The molecule has 22 heavy (non-hydrogen) atoms. The quantitative estimate of drug-likeness (QED) is 0.718. The van der Waals surface area contributed by atoms with Gasteiger partial charge in [0.1, 0.15) is 19.3 Å². The average molecular weight is 326 g/mol. The summed E-state index contributed by atoms with van der Waals surface area (Å²) in [4.78, 5) is 22.6. The van der Waals surface area contributed by atoms with Gasteiger partial charge in [-0.05, 0) is 27.7 Å². The van der Waals surface area contributed by atoms with Crippen molar-refractivity contribution >= 4 is 12.3 Å². The lowest BCUT2D eigenvalue weighted by molar-refractivity contribution is -0.109. The number of carbonyl (C=O) groups excluding carboxylic acids is 2. The molecule has 1 heterocycles. The molecule has 9 heteroatoms. The number of hydrogen-bond donors (Lipinski definition) is 0. The molecule has 0 aromatic carbocycles. The van der Waals surface area contributed by atoms with Crippen LogP contribution in [0.15, 0.2) is 0 Å². The third kappa shape index (κ3) is 5.63. The second kappa shape index (κ2) is 7.57. The Labute approximate surface area is 126 Å². The van der Waals surface area contributed by atoms with Crippen LogP contribution in [0.5, 0.6) is 0 Å². The molecule has 2 unspecified atom stereocenters. The predicted octanol–water partition coefficient (Wildman–Crippen LogP) is 2.51. The Morgan fingerprint density at radius 2 is 1.68 bits per heavy atom. The summed E-state index contributed by atoms with van der Waals surface area (Å²) in [6.45, 7) is 4.84. The Hall–Kier alpha value is -1.64. The van der Waals surface area contributed by atoms with E-state index < -0.39 is 55.9 Å². The summed E-state index contributed by atoms with van der Waals surface area (Å²) in [6, 6.07) is 0. The van der Waals surface area contributed by atoms with E-state index in [0.717, 1.165) is 0 Å². The van der Waals surface area contributed by atoms with Crippen LogP contribution in [0, 0.1) is 0 Å². The van der Waals surface area contributed by atoms with Gasteiger partial charge in [-0.15, -0.1) is 0 Å². The van der Waals surface area contributed by atoms with Crippen molar-refractivity contribution in [3.8, 4) is 0 Å². The van der Waals surface area contributed by atoms with Crippen LogP contribution in [-0.4, -0.2) is 55.9 Å². The highest BCUT2D eigenvalue weighted by molar-refractivity contribution is 5.61. The van der Waals surface area contributed by atoms with E-state index in [2.05, 4.69) is 14.2 Å². The van der Waals surface area contributed by atoms with E-state index in [1.54, 1.807) is 27.7 Å². The molecule has 0 aromatic rings. The van der Waals surface area contributed by atoms with Gasteiger partial charge in [-0.3, -0.25) is 0 Å². The number of carbonyl (C=O) groups is 2. The lowest BCUT2D eigenvalue weighted by atomic mass is 10.1. The molecule has 0 aromatic heterocycles. The van der Waals surface area contributed by atoms with Crippen LogP contribution in [0.1, 0.15) is 27.7 Å². The first-order valence-electron chi connectivity index (χ1n) is 6.82. The average Bonchev–Trinajstić information content (AvgIpc) is 2.61. The fourth-order valence-corrected chi connectivity index (χ4v) is 1.66. The van der Waals surface area contributed by atoms with Crippen molar-refractivity contribution in [2.45, 2.75) is 58.0 Å². The Morgan fingerprint density at radius 3 is 2.23 bits per heavy atom. The van der Waals surface area contributed by atoms with Gasteiger partial charge in [0.2, 0.25) is 6.10 Å². The second-order valence-corrected chi connectivity index (χ2v) is 5.29. The third-order valence-corrected chi connectivity index (χ3v) is 2.50. The topological polar surface area (TPSA) is 80.3 Å². The van der Waals surface area contributed by atoms with Gasteiger partial charge in [-0.2, -0.15) is 8.78 Å². The maximum atomic E-state index is 13.7. The normalized spacial score (nSPS) is 23.5. The molecular formula is C13H20F2O7. The SMILES string of the molecule is CC(C)OC(=O)OCC1OCC(F)(F)C1OC(=O)OC(C)C. The van der Waals surface area contributed by atoms with Gasteiger partial charge >= 0.3 is 18.2 Å². The minimum absolute atomic E-state index is 0.411. The van der Waals surface area contributed by atoms with Crippen LogP contribution < -0.4 is 0 Å². The van der Waals surface area contributed by atoms with E-state index >= 15 is 0 Å². The second-order valence-electron chi connectivity index (χ2n) is 5.29. The van der Waals surface area contributed by atoms with E-state index in [4.69, 9.17) is 9.47 Å². The first-order chi connectivity index (χ1) is 10.1. The van der Waals surface area contributed by atoms with E-state index in [-0.39, 0.29) is 0 Å². The van der Waals surface area contributed by atoms with Crippen molar-refractivity contribution in [2.24, 2.45) is 0 Å². The molecule has 0 amide bonds. The molecule has 0 radical (unpaired) electrons. The van der Waals surface area contributed by atoms with Crippen molar-refractivity contribution < 1.29 is 42.1 Å². The molecule has 0 spiro atoms. The zero-order valence-corrected chi connectivity index (χ0v) is 12.8. The molecule has 1 aliphatic heterocycles. The number of alkyl halides is 2. The van der Waals surface area contributed by atoms with Gasteiger partial charge in [-0.1, -0.05) is 0 Å².